The average Bonchev–Trinajstić information content (AvgIpc) is 3.44. The third-order valence-electron chi connectivity index (χ3n) is 6.20. The van der Waals surface area contributed by atoms with Crippen LogP contribution in [0.4, 0.5) is 4.39 Å². The Hall–Kier alpha value is -1.47. The molecule has 0 spiro atoms. The van der Waals surface area contributed by atoms with E-state index in [-0.39, 0.29) is 5.56 Å². The molecule has 5 nitrogen and oxygen atoms in total. The van der Waals surface area contributed by atoms with Crippen molar-refractivity contribution in [3.8, 4) is 5.75 Å². The first-order valence-electron chi connectivity index (χ1n) is 10.5. The van der Waals surface area contributed by atoms with Crippen LogP contribution in [0.25, 0.3) is 0 Å². The number of benzene rings is 1. The highest BCUT2D eigenvalue weighted by Crippen LogP contribution is 2.45. The van der Waals surface area contributed by atoms with Gasteiger partial charge in [0.05, 0.1) is 12.2 Å². The van der Waals surface area contributed by atoms with Gasteiger partial charge >= 0.3 is 0 Å². The fourth-order valence-electron chi connectivity index (χ4n) is 3.94. The molecule has 0 aromatic heterocycles. The Morgan fingerprint density at radius 3 is 2.54 bits per heavy atom. The van der Waals surface area contributed by atoms with Gasteiger partial charge in [0.15, 0.2) is 11.2 Å². The largest absolute Gasteiger partial charge is 0.493 e. The lowest BCUT2D eigenvalue weighted by molar-refractivity contribution is 0.0976. The molecule has 1 aromatic carbocycles. The highest BCUT2D eigenvalue weighted by molar-refractivity contribution is 7.81. The normalized spacial score (nSPS) is 26.4. The first-order valence-corrected chi connectivity index (χ1v) is 11.6. The maximum Gasteiger partial charge on any atom is 0.266 e. The van der Waals surface area contributed by atoms with Gasteiger partial charge in [0, 0.05) is 19.2 Å². The van der Waals surface area contributed by atoms with Crippen LogP contribution in [0.1, 0.15) is 73.7 Å². The molecular formula is C21H29FN2O3S. The van der Waals surface area contributed by atoms with Crippen molar-refractivity contribution < 1.29 is 18.1 Å². The molecule has 2 aliphatic carbocycles. The maximum atomic E-state index is 14.7. The second-order valence-electron chi connectivity index (χ2n) is 8.54. The van der Waals surface area contributed by atoms with Crippen LogP contribution >= 0.6 is 0 Å². The van der Waals surface area contributed by atoms with Gasteiger partial charge in [-0.15, -0.1) is 0 Å². The van der Waals surface area contributed by atoms with Gasteiger partial charge in [-0.05, 0) is 61.5 Å². The van der Waals surface area contributed by atoms with E-state index in [9.17, 15) is 13.4 Å². The van der Waals surface area contributed by atoms with Crippen LogP contribution in [-0.4, -0.2) is 34.1 Å². The Morgan fingerprint density at radius 1 is 1.21 bits per heavy atom. The number of nitrogens with zero attached hydrogens (tertiary/aromatic N) is 1. The maximum absolute atomic E-state index is 14.7. The zero-order chi connectivity index (χ0) is 19.7. The van der Waals surface area contributed by atoms with Gasteiger partial charge < -0.3 is 4.74 Å². The standard InChI is InChI=1S/C21H29FN2O3S/c1-14-3-5-15(6-4-14)13-27-20-12-19(22)18(11-17(20)16-7-8-16)21(25)23-28(26)24-9-2-10-24/h11-12,14-16H,2-10,13H2,1H3,(H,23,25). The van der Waals surface area contributed by atoms with E-state index in [1.54, 1.807) is 10.4 Å². The minimum absolute atomic E-state index is 0.0467. The third-order valence-corrected chi connectivity index (χ3v) is 7.39. The van der Waals surface area contributed by atoms with E-state index in [4.69, 9.17) is 4.74 Å². The molecule has 7 heteroatoms. The smallest absolute Gasteiger partial charge is 0.266 e. The fraction of sp³-hybridized carbons (Fsp3) is 0.667. The van der Waals surface area contributed by atoms with Crippen molar-refractivity contribution >= 4 is 17.1 Å². The number of carbonyl (C=O) groups excluding carboxylic acids is 1. The molecule has 2 saturated carbocycles. The summed E-state index contributed by atoms with van der Waals surface area (Å²) in [5.74, 6) is 0.962. The Kier molecular flexibility index (Phi) is 6.01. The minimum atomic E-state index is -1.60. The summed E-state index contributed by atoms with van der Waals surface area (Å²) < 4.78 is 36.9. The van der Waals surface area contributed by atoms with Gasteiger partial charge in [0.25, 0.3) is 5.91 Å². The molecule has 0 radical (unpaired) electrons. The summed E-state index contributed by atoms with van der Waals surface area (Å²) in [6.45, 7) is 4.28. The molecule has 1 unspecified atom stereocenters. The summed E-state index contributed by atoms with van der Waals surface area (Å²) in [4.78, 5) is 12.5. The monoisotopic (exact) mass is 408 g/mol. The molecule has 0 bridgehead atoms. The Bertz CT molecular complexity index is 756. The Morgan fingerprint density at radius 2 is 1.93 bits per heavy atom. The van der Waals surface area contributed by atoms with Crippen molar-refractivity contribution in [1.82, 2.24) is 9.03 Å². The fourth-order valence-corrected chi connectivity index (χ4v) is 4.93. The van der Waals surface area contributed by atoms with Crippen molar-refractivity contribution in [3.63, 3.8) is 0 Å². The molecule has 1 aromatic rings. The van der Waals surface area contributed by atoms with Gasteiger partial charge in [-0.25, -0.2) is 12.9 Å². The average molecular weight is 409 g/mol. The van der Waals surface area contributed by atoms with E-state index in [0.29, 0.717) is 37.3 Å². The lowest BCUT2D eigenvalue weighted by Crippen LogP contribution is -2.45. The molecule has 154 valence electrons. The second kappa shape index (κ2) is 8.49. The van der Waals surface area contributed by atoms with E-state index < -0.39 is 22.9 Å². The third kappa shape index (κ3) is 4.57. The number of hydrogen-bond donors (Lipinski definition) is 1. The molecule has 1 aliphatic heterocycles. The molecule has 4 rings (SSSR count). The highest BCUT2D eigenvalue weighted by atomic mass is 32.2. The lowest BCUT2D eigenvalue weighted by atomic mass is 9.83. The number of hydrogen-bond acceptors (Lipinski definition) is 3. The summed E-state index contributed by atoms with van der Waals surface area (Å²) in [7, 11) is 0. The molecule has 28 heavy (non-hydrogen) atoms. The van der Waals surface area contributed by atoms with Crippen molar-refractivity contribution in [2.75, 3.05) is 19.7 Å². The van der Waals surface area contributed by atoms with E-state index in [0.717, 1.165) is 43.6 Å². The summed E-state index contributed by atoms with van der Waals surface area (Å²) in [6.07, 6.45) is 7.80. The first kappa shape index (κ1) is 19.8. The molecule has 1 N–H and O–H groups in total. The number of carbonyl (C=O) groups is 1. The second-order valence-corrected chi connectivity index (χ2v) is 9.76. The van der Waals surface area contributed by atoms with Gasteiger partial charge in [0.1, 0.15) is 11.6 Å². The summed E-state index contributed by atoms with van der Waals surface area (Å²) in [5.41, 5.74) is 0.861. The summed E-state index contributed by atoms with van der Waals surface area (Å²) in [6, 6.07) is 2.95. The molecule has 1 heterocycles. The number of amides is 1. The van der Waals surface area contributed by atoms with Gasteiger partial charge in [-0.1, -0.05) is 19.8 Å². The van der Waals surface area contributed by atoms with Crippen LogP contribution in [0.5, 0.6) is 5.75 Å². The summed E-state index contributed by atoms with van der Waals surface area (Å²) in [5, 5.41) is 0. The van der Waals surface area contributed by atoms with Gasteiger partial charge in [-0.3, -0.25) is 9.52 Å². The van der Waals surface area contributed by atoms with E-state index in [1.165, 1.54) is 18.9 Å². The molecular weight excluding hydrogens is 379 g/mol. The predicted molar refractivity (Wildman–Crippen MR) is 107 cm³/mol. The lowest BCUT2D eigenvalue weighted by Gasteiger charge is -2.28. The van der Waals surface area contributed by atoms with E-state index >= 15 is 0 Å². The number of ether oxygens (including phenoxy) is 1. The van der Waals surface area contributed by atoms with Gasteiger partial charge in [-0.2, -0.15) is 0 Å². The quantitative estimate of drug-likeness (QED) is 0.744. The van der Waals surface area contributed by atoms with Crippen molar-refractivity contribution in [2.24, 2.45) is 11.8 Å². The molecule has 3 fully saturated rings. The highest BCUT2D eigenvalue weighted by Gasteiger charge is 2.31. The predicted octanol–water partition coefficient (Wildman–Crippen LogP) is 3.92. The SMILES string of the molecule is CC1CCC(COc2cc(F)c(C(=O)NS(=O)N3CCC3)cc2C2CC2)CC1. The number of nitrogens with one attached hydrogen (secondary N) is 1. The Labute approximate surface area is 168 Å². The van der Waals surface area contributed by atoms with Crippen LogP contribution in [0, 0.1) is 17.7 Å². The van der Waals surface area contributed by atoms with Crippen LogP contribution in [0.15, 0.2) is 12.1 Å². The summed E-state index contributed by atoms with van der Waals surface area (Å²) >= 11 is -1.60. The molecule has 3 aliphatic rings. The molecule has 1 saturated heterocycles. The van der Waals surface area contributed by atoms with Crippen molar-refractivity contribution in [1.29, 1.82) is 0 Å². The van der Waals surface area contributed by atoms with Crippen LogP contribution in [0.2, 0.25) is 0 Å². The first-order chi connectivity index (χ1) is 13.5. The van der Waals surface area contributed by atoms with Crippen LogP contribution < -0.4 is 9.46 Å². The molecule has 1 amide bonds. The van der Waals surface area contributed by atoms with E-state index in [2.05, 4.69) is 11.6 Å². The van der Waals surface area contributed by atoms with E-state index in [1.807, 2.05) is 0 Å². The molecule has 1 atom stereocenters. The van der Waals surface area contributed by atoms with Gasteiger partial charge in [0.2, 0.25) is 0 Å². The van der Waals surface area contributed by atoms with Crippen LogP contribution in [-0.2, 0) is 11.2 Å². The van der Waals surface area contributed by atoms with Crippen molar-refractivity contribution in [3.05, 3.63) is 29.1 Å². The number of rotatable bonds is 7. The van der Waals surface area contributed by atoms with Crippen molar-refractivity contribution in [2.45, 2.75) is 57.8 Å². The minimum Gasteiger partial charge on any atom is -0.493 e. The number of halogens is 1. The zero-order valence-corrected chi connectivity index (χ0v) is 17.2. The zero-order valence-electron chi connectivity index (χ0n) is 16.4. The topological polar surface area (TPSA) is 58.6 Å². The Balaban J connectivity index is 1.45. The van der Waals surface area contributed by atoms with Crippen LogP contribution in [0.3, 0.4) is 0 Å².